The van der Waals surface area contributed by atoms with Gasteiger partial charge < -0.3 is 10.2 Å². The van der Waals surface area contributed by atoms with E-state index in [-0.39, 0.29) is 26.2 Å². The average molecular weight is 494 g/mol. The molecule has 0 heterocycles. The molecule has 0 saturated heterocycles. The van der Waals surface area contributed by atoms with Crippen molar-refractivity contribution in [1.82, 2.24) is 0 Å². The fraction of sp³-hybridized carbons (Fsp3) is 0.0526. The highest BCUT2D eigenvalue weighted by molar-refractivity contribution is 7.87. The molecule has 3 N–H and O–H groups in total. The van der Waals surface area contributed by atoms with E-state index in [4.69, 9.17) is 46.4 Å². The first kappa shape index (κ1) is 22.0. The number of aromatic hydroxyl groups is 2. The maximum Gasteiger partial charge on any atom is 0.283 e. The van der Waals surface area contributed by atoms with E-state index < -0.39 is 31.9 Å². The second-order valence-electron chi connectivity index (χ2n) is 6.09. The predicted molar refractivity (Wildman–Crippen MR) is 114 cm³/mol. The maximum absolute atomic E-state index is 13.0. The lowest BCUT2D eigenvalue weighted by atomic mass is 9.83. The number of phenolic OH excluding ortho intramolecular Hbond substituents is 2. The normalized spacial score (nSPS) is 13.8. The molecule has 3 rings (SSSR count). The third-order valence-electron chi connectivity index (χ3n) is 4.40. The lowest BCUT2D eigenvalue weighted by Crippen LogP contribution is -2.38. The molecule has 1 atom stereocenters. The van der Waals surface area contributed by atoms with Crippen LogP contribution in [0.25, 0.3) is 0 Å². The molecule has 0 fully saturated rings. The number of phenols is 2. The van der Waals surface area contributed by atoms with Gasteiger partial charge in [0.1, 0.15) is 11.5 Å². The highest BCUT2D eigenvalue weighted by Gasteiger charge is 2.52. The Morgan fingerprint density at radius 3 is 2.00 bits per heavy atom. The predicted octanol–water partition coefficient (Wildman–Crippen LogP) is 5.89. The lowest BCUT2D eigenvalue weighted by Gasteiger charge is -2.34. The van der Waals surface area contributed by atoms with E-state index in [1.807, 2.05) is 0 Å². The third kappa shape index (κ3) is 3.65. The van der Waals surface area contributed by atoms with Crippen LogP contribution in [-0.4, -0.2) is 23.2 Å². The number of hydrogen-bond acceptors (Lipinski definition) is 4. The first-order chi connectivity index (χ1) is 13.5. The van der Waals surface area contributed by atoms with Crippen molar-refractivity contribution >= 4 is 56.5 Å². The second-order valence-corrected chi connectivity index (χ2v) is 9.28. The van der Waals surface area contributed by atoms with Crippen LogP contribution in [0.3, 0.4) is 0 Å². The molecule has 29 heavy (non-hydrogen) atoms. The van der Waals surface area contributed by atoms with Gasteiger partial charge in [-0.25, -0.2) is 0 Å². The Kier molecular flexibility index (Phi) is 5.98. The first-order valence-electron chi connectivity index (χ1n) is 7.89. The molecular weight excluding hydrogens is 482 g/mol. The fourth-order valence-corrected chi connectivity index (χ4v) is 5.35. The van der Waals surface area contributed by atoms with Gasteiger partial charge in [0.05, 0.1) is 15.1 Å². The van der Waals surface area contributed by atoms with Crippen molar-refractivity contribution in [3.63, 3.8) is 0 Å². The van der Waals surface area contributed by atoms with Crippen molar-refractivity contribution in [2.75, 3.05) is 0 Å². The Bertz CT molecular complexity index is 1200. The molecule has 152 valence electrons. The van der Waals surface area contributed by atoms with Gasteiger partial charge in [-0.3, -0.25) is 4.55 Å². The van der Waals surface area contributed by atoms with Crippen LogP contribution < -0.4 is 0 Å². The van der Waals surface area contributed by atoms with E-state index in [2.05, 4.69) is 0 Å². The Morgan fingerprint density at radius 2 is 1.41 bits per heavy atom. The monoisotopic (exact) mass is 492 g/mol. The highest BCUT2D eigenvalue weighted by Crippen LogP contribution is 2.52. The third-order valence-corrected chi connectivity index (χ3v) is 7.20. The minimum atomic E-state index is -5.11. The smallest absolute Gasteiger partial charge is 0.283 e. The summed E-state index contributed by atoms with van der Waals surface area (Å²) in [6.07, 6.45) is 0. The van der Waals surface area contributed by atoms with Gasteiger partial charge in [0.2, 0.25) is 0 Å². The van der Waals surface area contributed by atoms with Gasteiger partial charge in [-0.15, -0.1) is 0 Å². The zero-order chi connectivity index (χ0) is 21.6. The van der Waals surface area contributed by atoms with E-state index >= 15 is 0 Å². The largest absolute Gasteiger partial charge is 0.508 e. The van der Waals surface area contributed by atoms with Gasteiger partial charge in [0.15, 0.2) is 4.75 Å². The molecule has 0 aliphatic heterocycles. The van der Waals surface area contributed by atoms with Crippen molar-refractivity contribution in [3.8, 4) is 11.5 Å². The molecule has 0 aliphatic rings. The second kappa shape index (κ2) is 7.87. The highest BCUT2D eigenvalue weighted by atomic mass is 35.5. The van der Waals surface area contributed by atoms with Crippen molar-refractivity contribution in [1.29, 1.82) is 0 Å². The van der Waals surface area contributed by atoms with Crippen LogP contribution in [0.4, 0.5) is 0 Å². The van der Waals surface area contributed by atoms with Gasteiger partial charge >= 0.3 is 0 Å². The van der Waals surface area contributed by atoms with Gasteiger partial charge in [-0.2, -0.15) is 8.42 Å². The Morgan fingerprint density at radius 1 is 0.793 bits per heavy atom. The summed E-state index contributed by atoms with van der Waals surface area (Å²) in [6.45, 7) is 0. The SMILES string of the molecule is O=S(=O)(O)C(c1ccc(Cl)cc1)(c1cc(O)cc(Cl)c1O)c1cccc(Cl)c1Cl. The van der Waals surface area contributed by atoms with Gasteiger partial charge in [0, 0.05) is 22.2 Å². The van der Waals surface area contributed by atoms with Crippen molar-refractivity contribution < 1.29 is 23.2 Å². The van der Waals surface area contributed by atoms with E-state index in [0.29, 0.717) is 5.02 Å². The van der Waals surface area contributed by atoms with Crippen LogP contribution in [0.5, 0.6) is 11.5 Å². The van der Waals surface area contributed by atoms with Crippen LogP contribution in [-0.2, 0) is 14.9 Å². The average Bonchev–Trinajstić information content (AvgIpc) is 2.63. The Hall–Kier alpha value is -1.67. The number of halogens is 4. The van der Waals surface area contributed by atoms with E-state index in [0.717, 1.165) is 12.1 Å². The summed E-state index contributed by atoms with van der Waals surface area (Å²) in [5.41, 5.74) is -0.601. The summed E-state index contributed by atoms with van der Waals surface area (Å²) in [6, 6.07) is 11.7. The van der Waals surface area contributed by atoms with Gasteiger partial charge in [-0.05, 0) is 29.8 Å². The first-order valence-corrected chi connectivity index (χ1v) is 10.8. The molecule has 3 aromatic carbocycles. The summed E-state index contributed by atoms with van der Waals surface area (Å²) in [4.78, 5) is 0. The molecule has 0 aliphatic carbocycles. The van der Waals surface area contributed by atoms with Crippen molar-refractivity contribution in [2.45, 2.75) is 4.75 Å². The summed E-state index contributed by atoms with van der Waals surface area (Å²) < 4.78 is 33.9. The quantitative estimate of drug-likeness (QED) is 0.239. The van der Waals surface area contributed by atoms with Crippen molar-refractivity contribution in [3.05, 3.63) is 91.4 Å². The van der Waals surface area contributed by atoms with E-state index in [1.54, 1.807) is 0 Å². The molecule has 0 aromatic heterocycles. The van der Waals surface area contributed by atoms with Crippen LogP contribution in [0.1, 0.15) is 16.7 Å². The molecule has 0 spiro atoms. The molecule has 1 unspecified atom stereocenters. The summed E-state index contributed by atoms with van der Waals surface area (Å²) >= 11 is 24.4. The molecular formula is C19H12Cl4O5S. The van der Waals surface area contributed by atoms with Crippen molar-refractivity contribution in [2.24, 2.45) is 0 Å². The van der Waals surface area contributed by atoms with Gasteiger partial charge in [0.25, 0.3) is 10.1 Å². The number of hydrogen-bond donors (Lipinski definition) is 3. The molecule has 0 radical (unpaired) electrons. The molecule has 5 nitrogen and oxygen atoms in total. The molecule has 0 bridgehead atoms. The number of benzene rings is 3. The maximum atomic E-state index is 13.0. The van der Waals surface area contributed by atoms with Crippen LogP contribution in [0.15, 0.2) is 54.6 Å². The molecule has 0 saturated carbocycles. The summed E-state index contributed by atoms with van der Waals surface area (Å²) in [7, 11) is -5.11. The van der Waals surface area contributed by atoms with Crippen LogP contribution in [0, 0.1) is 0 Å². The summed E-state index contributed by atoms with van der Waals surface area (Å²) in [5.74, 6) is -1.11. The zero-order valence-electron chi connectivity index (χ0n) is 14.3. The minimum absolute atomic E-state index is 0.0110. The lowest BCUT2D eigenvalue weighted by molar-refractivity contribution is 0.435. The van der Waals surface area contributed by atoms with Crippen LogP contribution in [0.2, 0.25) is 20.1 Å². The standard InChI is InChI=1S/C19H12Cl4O5S/c20-11-6-4-10(5-7-11)19(29(26,27)28,13-2-1-3-15(21)17(13)23)14-8-12(24)9-16(22)18(14)25/h1-9,24-25H,(H,26,27,28). The van der Waals surface area contributed by atoms with Gasteiger partial charge in [-0.1, -0.05) is 70.7 Å². The zero-order valence-corrected chi connectivity index (χ0v) is 18.1. The number of rotatable bonds is 4. The Balaban J connectivity index is 2.63. The topological polar surface area (TPSA) is 94.8 Å². The Labute approximate surface area is 186 Å². The van der Waals surface area contributed by atoms with E-state index in [9.17, 15) is 23.2 Å². The fourth-order valence-electron chi connectivity index (χ4n) is 3.20. The van der Waals surface area contributed by atoms with Crippen LogP contribution >= 0.6 is 46.4 Å². The molecule has 0 amide bonds. The molecule has 3 aromatic rings. The van der Waals surface area contributed by atoms with E-state index in [1.165, 1.54) is 42.5 Å². The summed E-state index contributed by atoms with van der Waals surface area (Å²) in [5, 5.41) is 20.5. The minimum Gasteiger partial charge on any atom is -0.508 e. The molecule has 10 heteroatoms.